The molecule has 3 aromatic rings. The van der Waals surface area contributed by atoms with E-state index in [4.69, 9.17) is 16.2 Å². The summed E-state index contributed by atoms with van der Waals surface area (Å²) in [5.41, 5.74) is 10.9. The first kappa shape index (κ1) is 29.1. The molecule has 2 heterocycles. The zero-order valence-corrected chi connectivity index (χ0v) is 20.5. The number of hydrogen-bond donors (Lipinski definition) is 6. The molecule has 1 fully saturated rings. The molecule has 2 unspecified atom stereocenters. The molecule has 0 aliphatic carbocycles. The summed E-state index contributed by atoms with van der Waals surface area (Å²) in [6.45, 7) is 2.34. The molecule has 2 atom stereocenters. The zero-order valence-electron chi connectivity index (χ0n) is 20.5. The molecular weight excluding hydrogens is 483 g/mol. The highest BCUT2D eigenvalue weighted by molar-refractivity contribution is 5.92. The fourth-order valence-corrected chi connectivity index (χ4v) is 3.33. The Bertz CT molecular complexity index is 1170. The first-order valence-corrected chi connectivity index (χ1v) is 11.3. The molecule has 0 spiro atoms. The van der Waals surface area contributed by atoms with Crippen molar-refractivity contribution < 1.29 is 28.9 Å². The summed E-state index contributed by atoms with van der Waals surface area (Å²) in [5, 5.41) is 26.4. The van der Waals surface area contributed by atoms with Crippen molar-refractivity contribution >= 4 is 18.1 Å². The average molecular weight is 515 g/mol. The highest BCUT2D eigenvalue weighted by Crippen LogP contribution is 2.35. The third kappa shape index (κ3) is 8.49. The average Bonchev–Trinajstić information content (AvgIpc) is 3.44. The Kier molecular flexibility index (Phi) is 11.4. The van der Waals surface area contributed by atoms with E-state index >= 15 is 0 Å². The first-order chi connectivity index (χ1) is 17.7. The number of nitrogens with zero attached hydrogens (tertiary/aromatic N) is 2. The van der Waals surface area contributed by atoms with E-state index in [-0.39, 0.29) is 28.6 Å². The zero-order chi connectivity index (χ0) is 27.4. The number of anilines is 1. The molecule has 1 aromatic heterocycles. The van der Waals surface area contributed by atoms with Gasteiger partial charge in [-0.2, -0.15) is 0 Å². The third-order valence-corrected chi connectivity index (χ3v) is 5.41. The summed E-state index contributed by atoms with van der Waals surface area (Å²) >= 11 is 0. The molecule has 8 N–H and O–H groups in total. The number of methoxy groups -OCH3 is 1. The second-order valence-corrected chi connectivity index (χ2v) is 7.84. The molecule has 37 heavy (non-hydrogen) atoms. The second kappa shape index (κ2) is 14.4. The van der Waals surface area contributed by atoms with Crippen LogP contribution in [0.25, 0.3) is 0 Å². The van der Waals surface area contributed by atoms with Gasteiger partial charge < -0.3 is 37.1 Å². The van der Waals surface area contributed by atoms with Crippen molar-refractivity contribution in [2.45, 2.75) is 18.6 Å². The van der Waals surface area contributed by atoms with Crippen LogP contribution in [-0.4, -0.2) is 65.7 Å². The second-order valence-electron chi connectivity index (χ2n) is 7.84. The molecular formula is C25H31FN6O5. The maximum absolute atomic E-state index is 14.2. The van der Waals surface area contributed by atoms with Crippen molar-refractivity contribution in [3.63, 3.8) is 0 Å². The minimum absolute atomic E-state index is 0.0874. The fourth-order valence-electron chi connectivity index (χ4n) is 3.33. The number of carbonyl (C=O) groups excluding carboxylic acids is 2. The smallest absolute Gasteiger partial charge is 0.248 e. The van der Waals surface area contributed by atoms with E-state index in [2.05, 4.69) is 20.6 Å². The van der Waals surface area contributed by atoms with Crippen molar-refractivity contribution in [2.24, 2.45) is 5.73 Å². The van der Waals surface area contributed by atoms with Crippen LogP contribution in [-0.2, 0) is 0 Å². The molecule has 11 nitrogen and oxygen atoms in total. The van der Waals surface area contributed by atoms with Gasteiger partial charge in [-0.25, -0.2) is 14.4 Å². The Balaban J connectivity index is 0.000000244. The number of amides is 1. The molecule has 0 bridgehead atoms. The van der Waals surface area contributed by atoms with Crippen LogP contribution in [0, 0.1) is 5.82 Å². The Labute approximate surface area is 213 Å². The quantitative estimate of drug-likeness (QED) is 0.261. The standard InChI is InChI=1S/C15H14FNO4.C5H5N3O.C5H12N2/c1-21-11-7-6-10(18)12(13(11)16)14(19)8-2-4-9(5-3-8)15(17)20;6-5-7-2-1-4(3-9)8-5;1-6-5-2-3-7-4-5/h2-7,14,18-19H,1H3,(H2,17,20);1-3H,(H2,6,7,8);5-7H,2-4H2,1H3. The number of hydrogen-bond acceptors (Lipinski definition) is 10. The highest BCUT2D eigenvalue weighted by Gasteiger charge is 2.22. The Morgan fingerprint density at radius 3 is 2.43 bits per heavy atom. The van der Waals surface area contributed by atoms with Crippen LogP contribution in [0.2, 0.25) is 0 Å². The van der Waals surface area contributed by atoms with Crippen LogP contribution < -0.4 is 26.8 Å². The Morgan fingerprint density at radius 2 is 1.97 bits per heavy atom. The number of likely N-dealkylation sites (N-methyl/N-ethyl adjacent to an activating group) is 1. The van der Waals surface area contributed by atoms with E-state index in [1.807, 2.05) is 7.05 Å². The largest absolute Gasteiger partial charge is 0.507 e. The molecule has 0 radical (unpaired) electrons. The number of benzene rings is 2. The van der Waals surface area contributed by atoms with Gasteiger partial charge in [0.25, 0.3) is 0 Å². The highest BCUT2D eigenvalue weighted by atomic mass is 19.1. The Morgan fingerprint density at radius 1 is 1.27 bits per heavy atom. The summed E-state index contributed by atoms with van der Waals surface area (Å²) in [6, 6.07) is 10.4. The molecule has 198 valence electrons. The molecule has 0 saturated carbocycles. The number of ether oxygens (including phenoxy) is 1. The summed E-state index contributed by atoms with van der Waals surface area (Å²) in [4.78, 5) is 28.2. The molecule has 4 rings (SSSR count). The van der Waals surface area contributed by atoms with Crippen molar-refractivity contribution in [2.75, 3.05) is 33.0 Å². The number of nitrogen functional groups attached to an aromatic ring is 1. The number of nitrogens with one attached hydrogen (secondary N) is 2. The number of aromatic hydroxyl groups is 1. The predicted molar refractivity (Wildman–Crippen MR) is 136 cm³/mol. The van der Waals surface area contributed by atoms with Gasteiger partial charge in [-0.1, -0.05) is 12.1 Å². The number of carbonyl (C=O) groups is 2. The number of aliphatic hydroxyl groups is 1. The van der Waals surface area contributed by atoms with Gasteiger partial charge in [-0.05, 0) is 55.9 Å². The number of halogens is 1. The van der Waals surface area contributed by atoms with Crippen molar-refractivity contribution in [3.05, 3.63) is 76.9 Å². The lowest BCUT2D eigenvalue weighted by molar-refractivity contribution is 0.0999. The normalized spacial score (nSPS) is 14.9. The van der Waals surface area contributed by atoms with Gasteiger partial charge in [0.1, 0.15) is 17.5 Å². The number of aldehydes is 1. The van der Waals surface area contributed by atoms with E-state index in [9.17, 15) is 24.2 Å². The topological polar surface area (TPSA) is 186 Å². The summed E-state index contributed by atoms with van der Waals surface area (Å²) < 4.78 is 19.0. The molecule has 1 saturated heterocycles. The fraction of sp³-hybridized carbons (Fsp3) is 0.280. The Hall–Kier alpha value is -4.13. The van der Waals surface area contributed by atoms with E-state index in [0.717, 1.165) is 12.6 Å². The molecule has 1 aliphatic heterocycles. The van der Waals surface area contributed by atoms with Gasteiger partial charge in [-0.15, -0.1) is 0 Å². The van der Waals surface area contributed by atoms with Crippen LogP contribution in [0.5, 0.6) is 11.5 Å². The summed E-state index contributed by atoms with van der Waals surface area (Å²) in [6.07, 6.45) is 1.95. The van der Waals surface area contributed by atoms with Gasteiger partial charge in [-0.3, -0.25) is 9.59 Å². The number of aromatic nitrogens is 2. The SMILES string of the molecule is CNC1CCNC1.COc1ccc(O)c(C(O)c2ccc(C(N)=O)cc2)c1F.Nc1nccc(C=O)n1. The van der Waals surface area contributed by atoms with Gasteiger partial charge in [0.05, 0.1) is 12.7 Å². The number of aliphatic hydroxyl groups excluding tert-OH is 1. The number of phenolic OH excluding ortho intramolecular Hbond substituents is 1. The summed E-state index contributed by atoms with van der Waals surface area (Å²) in [7, 11) is 3.30. The monoisotopic (exact) mass is 514 g/mol. The number of primary amides is 1. The van der Waals surface area contributed by atoms with E-state index in [0.29, 0.717) is 17.5 Å². The van der Waals surface area contributed by atoms with Gasteiger partial charge >= 0.3 is 0 Å². The molecule has 1 aliphatic rings. The maximum atomic E-state index is 14.2. The summed E-state index contributed by atoms with van der Waals surface area (Å²) in [5.74, 6) is -1.80. The van der Waals surface area contributed by atoms with Crippen LogP contribution in [0.1, 0.15) is 44.5 Å². The van der Waals surface area contributed by atoms with Crippen LogP contribution in [0.3, 0.4) is 0 Å². The predicted octanol–water partition coefficient (Wildman–Crippen LogP) is 1.16. The third-order valence-electron chi connectivity index (χ3n) is 5.41. The van der Waals surface area contributed by atoms with Crippen molar-refractivity contribution in [3.8, 4) is 11.5 Å². The van der Waals surface area contributed by atoms with E-state index < -0.39 is 17.8 Å². The number of rotatable bonds is 6. The van der Waals surface area contributed by atoms with E-state index in [1.54, 1.807) is 0 Å². The maximum Gasteiger partial charge on any atom is 0.248 e. The minimum Gasteiger partial charge on any atom is -0.507 e. The first-order valence-electron chi connectivity index (χ1n) is 11.3. The molecule has 2 aromatic carbocycles. The lowest BCUT2D eigenvalue weighted by atomic mass is 9.98. The number of nitrogens with two attached hydrogens (primary N) is 2. The van der Waals surface area contributed by atoms with Crippen LogP contribution in [0.15, 0.2) is 48.7 Å². The lowest BCUT2D eigenvalue weighted by Crippen LogP contribution is -2.26. The van der Waals surface area contributed by atoms with Gasteiger partial charge in [0, 0.05) is 24.3 Å². The molecule has 1 amide bonds. The van der Waals surface area contributed by atoms with Crippen molar-refractivity contribution in [1.82, 2.24) is 20.6 Å². The van der Waals surface area contributed by atoms with Gasteiger partial charge in [0.15, 0.2) is 17.9 Å². The van der Waals surface area contributed by atoms with Gasteiger partial charge in [0.2, 0.25) is 11.9 Å². The molecule has 12 heteroatoms. The van der Waals surface area contributed by atoms with E-state index in [1.165, 1.54) is 68.7 Å². The lowest BCUT2D eigenvalue weighted by Gasteiger charge is -2.16. The van der Waals surface area contributed by atoms with Crippen LogP contribution >= 0.6 is 0 Å². The van der Waals surface area contributed by atoms with Crippen LogP contribution in [0.4, 0.5) is 10.3 Å². The number of phenols is 1. The van der Waals surface area contributed by atoms with Crippen molar-refractivity contribution in [1.29, 1.82) is 0 Å². The minimum atomic E-state index is -1.40.